The van der Waals surface area contributed by atoms with E-state index in [9.17, 15) is 23.2 Å². The number of aromatic nitrogens is 1. The average Bonchev–Trinajstić information content (AvgIpc) is 3.30. The van der Waals surface area contributed by atoms with Crippen molar-refractivity contribution >= 4 is 27.6 Å². The monoisotopic (exact) mass is 513 g/mol. The molecule has 0 saturated carbocycles. The van der Waals surface area contributed by atoms with Crippen molar-refractivity contribution in [1.29, 1.82) is 5.26 Å². The molecule has 190 valence electrons. The molecule has 0 saturated heterocycles. The van der Waals surface area contributed by atoms with E-state index in [-0.39, 0.29) is 12.0 Å². The summed E-state index contributed by atoms with van der Waals surface area (Å²) in [4.78, 5) is 16.6. The molecule has 1 heterocycles. The highest BCUT2D eigenvalue weighted by Gasteiger charge is 2.33. The highest BCUT2D eigenvalue weighted by Crippen LogP contribution is 2.34. The van der Waals surface area contributed by atoms with Crippen LogP contribution in [0.15, 0.2) is 91.1 Å². The SMILES string of the molecule is N#CCC(Cc1c[nH]c2ccccc12)NC(=O)c1cc(-c2cccc3ccccc23)ccc1OC(F)(F)F. The number of alkyl halides is 3. The molecule has 1 unspecified atom stereocenters. The number of ether oxygens (including phenoxy) is 1. The van der Waals surface area contributed by atoms with Crippen molar-refractivity contribution < 1.29 is 22.7 Å². The summed E-state index contributed by atoms with van der Waals surface area (Å²) in [6.45, 7) is 0. The topological polar surface area (TPSA) is 77.9 Å². The van der Waals surface area contributed by atoms with Gasteiger partial charge in [0.15, 0.2) is 0 Å². The molecule has 0 fully saturated rings. The molecule has 0 aliphatic rings. The number of aromatic amines is 1. The van der Waals surface area contributed by atoms with Crippen LogP contribution in [0.4, 0.5) is 13.2 Å². The van der Waals surface area contributed by atoms with Gasteiger partial charge in [-0.3, -0.25) is 4.79 Å². The van der Waals surface area contributed by atoms with Gasteiger partial charge >= 0.3 is 6.36 Å². The molecular formula is C30H22F3N3O2. The Bertz CT molecular complexity index is 1660. The lowest BCUT2D eigenvalue weighted by molar-refractivity contribution is -0.274. The van der Waals surface area contributed by atoms with Crippen molar-refractivity contribution in [2.45, 2.75) is 25.2 Å². The molecule has 0 aliphatic heterocycles. The van der Waals surface area contributed by atoms with E-state index in [1.807, 2.05) is 66.7 Å². The Morgan fingerprint density at radius 3 is 2.50 bits per heavy atom. The number of hydrogen-bond acceptors (Lipinski definition) is 3. The van der Waals surface area contributed by atoms with E-state index >= 15 is 0 Å². The van der Waals surface area contributed by atoms with Crippen molar-refractivity contribution in [3.8, 4) is 22.9 Å². The molecule has 2 N–H and O–H groups in total. The van der Waals surface area contributed by atoms with Crippen LogP contribution in [-0.4, -0.2) is 23.3 Å². The van der Waals surface area contributed by atoms with Crippen LogP contribution in [0.25, 0.3) is 32.8 Å². The van der Waals surface area contributed by atoms with Crippen molar-refractivity contribution in [3.63, 3.8) is 0 Å². The Labute approximate surface area is 216 Å². The molecule has 1 atom stereocenters. The number of halogens is 3. The number of nitrogens with zero attached hydrogens (tertiary/aromatic N) is 1. The molecule has 0 bridgehead atoms. The van der Waals surface area contributed by atoms with Gasteiger partial charge in [0.2, 0.25) is 0 Å². The second-order valence-corrected chi connectivity index (χ2v) is 8.88. The van der Waals surface area contributed by atoms with Gasteiger partial charge in [0.05, 0.1) is 18.1 Å². The van der Waals surface area contributed by atoms with E-state index in [2.05, 4.69) is 21.1 Å². The number of hydrogen-bond donors (Lipinski definition) is 2. The van der Waals surface area contributed by atoms with Crippen LogP contribution in [-0.2, 0) is 6.42 Å². The van der Waals surface area contributed by atoms with Crippen molar-refractivity contribution in [2.24, 2.45) is 0 Å². The number of benzene rings is 4. The first-order valence-corrected chi connectivity index (χ1v) is 11.9. The minimum absolute atomic E-state index is 0.0241. The lowest BCUT2D eigenvalue weighted by atomic mass is 9.96. The summed E-state index contributed by atoms with van der Waals surface area (Å²) in [7, 11) is 0. The van der Waals surface area contributed by atoms with Crippen LogP contribution in [0.2, 0.25) is 0 Å². The first-order valence-electron chi connectivity index (χ1n) is 11.9. The summed E-state index contributed by atoms with van der Waals surface area (Å²) in [6, 6.07) is 26.3. The largest absolute Gasteiger partial charge is 0.573 e. The number of H-pyrrole nitrogens is 1. The maximum atomic E-state index is 13.4. The fourth-order valence-electron chi connectivity index (χ4n) is 4.68. The van der Waals surface area contributed by atoms with E-state index < -0.39 is 24.1 Å². The molecule has 1 aromatic heterocycles. The Morgan fingerprint density at radius 2 is 1.71 bits per heavy atom. The number of carbonyl (C=O) groups excluding carboxylic acids is 1. The number of nitrogens with one attached hydrogen (secondary N) is 2. The van der Waals surface area contributed by atoms with Gasteiger partial charge in [-0.1, -0.05) is 66.7 Å². The Kier molecular flexibility index (Phi) is 6.75. The van der Waals surface area contributed by atoms with Crippen LogP contribution in [0.1, 0.15) is 22.3 Å². The third-order valence-corrected chi connectivity index (χ3v) is 6.36. The van der Waals surface area contributed by atoms with Crippen LogP contribution in [0.3, 0.4) is 0 Å². The van der Waals surface area contributed by atoms with Gasteiger partial charge in [0, 0.05) is 23.1 Å². The van der Waals surface area contributed by atoms with E-state index in [0.29, 0.717) is 12.0 Å². The molecule has 0 radical (unpaired) electrons. The van der Waals surface area contributed by atoms with Crippen LogP contribution in [0.5, 0.6) is 5.75 Å². The lowest BCUT2D eigenvalue weighted by Crippen LogP contribution is -2.36. The first-order chi connectivity index (χ1) is 18.3. The summed E-state index contributed by atoms with van der Waals surface area (Å²) >= 11 is 0. The summed E-state index contributed by atoms with van der Waals surface area (Å²) in [6.07, 6.45) is -2.88. The Balaban J connectivity index is 1.50. The van der Waals surface area contributed by atoms with Gasteiger partial charge in [-0.05, 0) is 52.1 Å². The minimum Gasteiger partial charge on any atom is -0.405 e. The zero-order chi connectivity index (χ0) is 26.7. The number of nitriles is 1. The number of carbonyl (C=O) groups is 1. The number of amides is 1. The van der Waals surface area contributed by atoms with Gasteiger partial charge < -0.3 is 15.0 Å². The fraction of sp³-hybridized carbons (Fsp3) is 0.133. The molecule has 38 heavy (non-hydrogen) atoms. The van der Waals surface area contributed by atoms with Crippen molar-refractivity contribution in [3.05, 3.63) is 102 Å². The van der Waals surface area contributed by atoms with E-state index in [0.717, 1.165) is 38.9 Å². The number of fused-ring (bicyclic) bond motifs is 2. The van der Waals surface area contributed by atoms with Gasteiger partial charge in [-0.15, -0.1) is 13.2 Å². The second kappa shape index (κ2) is 10.3. The molecule has 8 heteroatoms. The Morgan fingerprint density at radius 1 is 0.974 bits per heavy atom. The smallest absolute Gasteiger partial charge is 0.405 e. The minimum atomic E-state index is -4.98. The lowest BCUT2D eigenvalue weighted by Gasteiger charge is -2.19. The van der Waals surface area contributed by atoms with Crippen molar-refractivity contribution in [2.75, 3.05) is 0 Å². The maximum Gasteiger partial charge on any atom is 0.573 e. The fourth-order valence-corrected chi connectivity index (χ4v) is 4.68. The maximum absolute atomic E-state index is 13.4. The van der Waals surface area contributed by atoms with Crippen LogP contribution in [0, 0.1) is 11.3 Å². The van der Waals surface area contributed by atoms with Crippen molar-refractivity contribution in [1.82, 2.24) is 10.3 Å². The zero-order valence-electron chi connectivity index (χ0n) is 20.0. The molecular weight excluding hydrogens is 491 g/mol. The summed E-state index contributed by atoms with van der Waals surface area (Å²) < 4.78 is 43.8. The molecule has 1 amide bonds. The molecule has 5 nitrogen and oxygen atoms in total. The van der Waals surface area contributed by atoms with Gasteiger partial charge in [-0.25, -0.2) is 0 Å². The standard InChI is InChI=1S/C30H22F3N3O2/c31-30(32,33)38-28-13-12-20(24-10-5-7-19-6-1-2-8-23(19)24)17-26(28)29(37)36-22(14-15-34)16-21-18-35-27-11-4-3-9-25(21)27/h1-13,17-18,22,35H,14,16H2,(H,36,37). The number of para-hydroxylation sites is 1. The number of rotatable bonds is 7. The normalized spacial score (nSPS) is 12.3. The second-order valence-electron chi connectivity index (χ2n) is 8.88. The van der Waals surface area contributed by atoms with E-state index in [4.69, 9.17) is 0 Å². The van der Waals surface area contributed by atoms with Gasteiger partial charge in [0.25, 0.3) is 5.91 Å². The molecule has 4 aromatic carbocycles. The highest BCUT2D eigenvalue weighted by atomic mass is 19.4. The summed E-state index contributed by atoms with van der Waals surface area (Å²) in [5.41, 5.74) is 2.86. The van der Waals surface area contributed by atoms with E-state index in [1.165, 1.54) is 12.1 Å². The van der Waals surface area contributed by atoms with Gasteiger partial charge in [-0.2, -0.15) is 5.26 Å². The van der Waals surface area contributed by atoms with E-state index in [1.54, 1.807) is 6.20 Å². The quantitative estimate of drug-likeness (QED) is 0.243. The predicted octanol–water partition coefficient (Wildman–Crippen LogP) is 7.14. The average molecular weight is 514 g/mol. The third-order valence-electron chi connectivity index (χ3n) is 6.36. The van der Waals surface area contributed by atoms with Crippen LogP contribution >= 0.6 is 0 Å². The molecule has 0 aliphatic carbocycles. The first kappa shape index (κ1) is 24.9. The Hall–Kier alpha value is -4.77. The predicted molar refractivity (Wildman–Crippen MR) is 140 cm³/mol. The third kappa shape index (κ3) is 5.32. The summed E-state index contributed by atoms with van der Waals surface area (Å²) in [5, 5.41) is 14.9. The summed E-state index contributed by atoms with van der Waals surface area (Å²) in [5.74, 6) is -1.37. The highest BCUT2D eigenvalue weighted by molar-refractivity contribution is 6.01. The molecule has 0 spiro atoms. The van der Waals surface area contributed by atoms with Gasteiger partial charge in [0.1, 0.15) is 5.75 Å². The molecule has 5 rings (SSSR count). The van der Waals surface area contributed by atoms with Crippen LogP contribution < -0.4 is 10.1 Å². The molecule has 5 aromatic rings. The zero-order valence-corrected chi connectivity index (χ0v) is 20.0.